The van der Waals surface area contributed by atoms with Gasteiger partial charge in [-0.3, -0.25) is 0 Å². The highest BCUT2D eigenvalue weighted by Crippen LogP contribution is 2.33. The molecule has 1 aliphatic rings. The first kappa shape index (κ1) is 21.8. The van der Waals surface area contributed by atoms with Crippen LogP contribution in [0.4, 0.5) is 5.69 Å². The van der Waals surface area contributed by atoms with Gasteiger partial charge in [-0.05, 0) is 37.3 Å². The molecule has 1 saturated heterocycles. The number of ether oxygens (including phenoxy) is 1. The Morgan fingerprint density at radius 2 is 1.97 bits per heavy atom. The lowest BCUT2D eigenvalue weighted by Gasteiger charge is -2.35. The van der Waals surface area contributed by atoms with E-state index in [0.717, 1.165) is 17.0 Å². The summed E-state index contributed by atoms with van der Waals surface area (Å²) in [5.74, 6) is -0.264. The maximum atomic E-state index is 13.1. The van der Waals surface area contributed by atoms with Crippen LogP contribution in [0.3, 0.4) is 0 Å². The first-order valence-corrected chi connectivity index (χ1v) is 12.3. The number of piperazine rings is 1. The Labute approximate surface area is 189 Å². The van der Waals surface area contributed by atoms with E-state index in [0.29, 0.717) is 41.8 Å². The minimum absolute atomic E-state index is 0.0480. The number of benzene rings is 1. The van der Waals surface area contributed by atoms with Crippen molar-refractivity contribution in [3.8, 4) is 10.6 Å². The summed E-state index contributed by atoms with van der Waals surface area (Å²) < 4.78 is 38.0. The Hall–Kier alpha value is -2.40. The minimum Gasteiger partial charge on any atom is -0.461 e. The molecule has 0 aliphatic carbocycles. The predicted octanol–water partition coefficient (Wildman–Crippen LogP) is 3.74. The van der Waals surface area contributed by atoms with Crippen LogP contribution in [0.25, 0.3) is 10.6 Å². The van der Waals surface area contributed by atoms with Crippen LogP contribution in [-0.2, 0) is 14.8 Å². The molecule has 3 aromatic rings. The van der Waals surface area contributed by atoms with Crippen LogP contribution in [-0.4, -0.2) is 56.6 Å². The maximum Gasteiger partial charge on any atom is 0.360 e. The molecule has 0 N–H and O–H groups in total. The van der Waals surface area contributed by atoms with Gasteiger partial charge in [0, 0.05) is 43.0 Å². The smallest absolute Gasteiger partial charge is 0.360 e. The van der Waals surface area contributed by atoms with Gasteiger partial charge in [-0.15, -0.1) is 11.3 Å². The molecular weight excluding hydrogens is 462 g/mol. The van der Waals surface area contributed by atoms with Crippen molar-refractivity contribution in [1.82, 2.24) is 9.46 Å². The number of esters is 1. The number of thiophene rings is 1. The third-order valence-electron chi connectivity index (χ3n) is 4.83. The Morgan fingerprint density at radius 3 is 2.68 bits per heavy atom. The molecule has 1 aliphatic heterocycles. The molecular formula is C20H20ClN3O5S2. The molecule has 3 heterocycles. The third-order valence-corrected chi connectivity index (χ3v) is 8.53. The third kappa shape index (κ3) is 4.62. The average Bonchev–Trinajstić information content (AvgIpc) is 3.44. The van der Waals surface area contributed by atoms with Crippen molar-refractivity contribution in [3.05, 3.63) is 53.2 Å². The van der Waals surface area contributed by atoms with Gasteiger partial charge in [0.05, 0.1) is 11.5 Å². The van der Waals surface area contributed by atoms with E-state index in [1.54, 1.807) is 19.1 Å². The normalized spacial score (nSPS) is 15.2. The summed E-state index contributed by atoms with van der Waals surface area (Å²) in [6, 6.07) is 12.2. The van der Waals surface area contributed by atoms with Crippen LogP contribution in [0.1, 0.15) is 17.4 Å². The van der Waals surface area contributed by atoms with Gasteiger partial charge >= 0.3 is 5.97 Å². The van der Waals surface area contributed by atoms with E-state index in [1.165, 1.54) is 10.4 Å². The van der Waals surface area contributed by atoms with E-state index in [2.05, 4.69) is 10.1 Å². The fourth-order valence-electron chi connectivity index (χ4n) is 3.27. The average molecular weight is 482 g/mol. The van der Waals surface area contributed by atoms with Crippen LogP contribution in [0, 0.1) is 0 Å². The van der Waals surface area contributed by atoms with Gasteiger partial charge in [0.15, 0.2) is 11.5 Å². The van der Waals surface area contributed by atoms with Crippen LogP contribution in [0.5, 0.6) is 0 Å². The van der Waals surface area contributed by atoms with Gasteiger partial charge in [-0.1, -0.05) is 22.8 Å². The number of hydrogen-bond acceptors (Lipinski definition) is 8. The Bertz CT molecular complexity index is 1180. The molecule has 0 spiro atoms. The van der Waals surface area contributed by atoms with Gasteiger partial charge in [0.1, 0.15) is 4.21 Å². The van der Waals surface area contributed by atoms with Crippen molar-refractivity contribution in [1.29, 1.82) is 0 Å². The SMILES string of the molecule is CCOC(=O)c1cc(-c2ccc(S(=O)(=O)N3CCN(c4cccc(Cl)c4)CC3)s2)on1. The minimum atomic E-state index is -3.64. The number of halogens is 1. The molecule has 164 valence electrons. The fraction of sp³-hybridized carbons (Fsp3) is 0.300. The molecule has 1 aromatic carbocycles. The monoisotopic (exact) mass is 481 g/mol. The molecule has 2 aromatic heterocycles. The topological polar surface area (TPSA) is 93.0 Å². The summed E-state index contributed by atoms with van der Waals surface area (Å²) in [5, 5.41) is 4.35. The highest BCUT2D eigenvalue weighted by Gasteiger charge is 2.30. The number of sulfonamides is 1. The molecule has 4 rings (SSSR count). The van der Waals surface area contributed by atoms with E-state index < -0.39 is 16.0 Å². The number of carbonyl (C=O) groups is 1. The predicted molar refractivity (Wildman–Crippen MR) is 118 cm³/mol. The first-order chi connectivity index (χ1) is 14.9. The van der Waals surface area contributed by atoms with E-state index in [1.807, 2.05) is 24.3 Å². The number of hydrogen-bond donors (Lipinski definition) is 0. The van der Waals surface area contributed by atoms with Crippen molar-refractivity contribution in [2.45, 2.75) is 11.1 Å². The number of carbonyl (C=O) groups excluding carboxylic acids is 1. The lowest BCUT2D eigenvalue weighted by atomic mass is 10.2. The maximum absolute atomic E-state index is 13.1. The molecule has 31 heavy (non-hydrogen) atoms. The van der Waals surface area contributed by atoms with E-state index in [4.69, 9.17) is 20.9 Å². The lowest BCUT2D eigenvalue weighted by Crippen LogP contribution is -2.48. The summed E-state index contributed by atoms with van der Waals surface area (Å²) in [7, 11) is -3.64. The largest absolute Gasteiger partial charge is 0.461 e. The van der Waals surface area contributed by atoms with Crippen molar-refractivity contribution in [2.24, 2.45) is 0 Å². The molecule has 0 unspecified atom stereocenters. The number of rotatable bonds is 6. The summed E-state index contributed by atoms with van der Waals surface area (Å²) in [4.78, 5) is 14.4. The zero-order chi connectivity index (χ0) is 22.0. The Balaban J connectivity index is 1.46. The standard InChI is InChI=1S/C20H20ClN3O5S2/c1-2-28-20(25)16-13-17(29-22-16)18-6-7-19(30-18)31(26,27)24-10-8-23(9-11-24)15-5-3-4-14(21)12-15/h3-7,12-13H,2,8-11H2,1H3. The molecule has 8 nitrogen and oxygen atoms in total. The Kier molecular flexibility index (Phi) is 6.33. The van der Waals surface area contributed by atoms with Crippen molar-refractivity contribution in [2.75, 3.05) is 37.7 Å². The van der Waals surface area contributed by atoms with Crippen molar-refractivity contribution >= 4 is 44.6 Å². The van der Waals surface area contributed by atoms with Crippen molar-refractivity contribution < 1.29 is 22.5 Å². The second-order valence-corrected chi connectivity index (χ2v) is 10.5. The van der Waals surface area contributed by atoms with Gasteiger partial charge in [0.2, 0.25) is 0 Å². The number of aromatic nitrogens is 1. The van der Waals surface area contributed by atoms with Crippen LogP contribution in [0.2, 0.25) is 5.02 Å². The molecule has 0 radical (unpaired) electrons. The summed E-state index contributed by atoms with van der Waals surface area (Å²) in [6.45, 7) is 3.82. The summed E-state index contributed by atoms with van der Waals surface area (Å²) in [6.07, 6.45) is 0. The van der Waals surface area contributed by atoms with E-state index in [-0.39, 0.29) is 16.5 Å². The number of anilines is 1. The van der Waals surface area contributed by atoms with Crippen molar-refractivity contribution in [3.63, 3.8) is 0 Å². The summed E-state index contributed by atoms with van der Waals surface area (Å²) >= 11 is 7.14. The van der Waals surface area contributed by atoms with Gasteiger partial charge in [-0.25, -0.2) is 13.2 Å². The zero-order valence-electron chi connectivity index (χ0n) is 16.7. The quantitative estimate of drug-likeness (QED) is 0.495. The zero-order valence-corrected chi connectivity index (χ0v) is 19.0. The first-order valence-electron chi connectivity index (χ1n) is 9.63. The van der Waals surface area contributed by atoms with Crippen LogP contribution < -0.4 is 4.90 Å². The van der Waals surface area contributed by atoms with Gasteiger partial charge < -0.3 is 14.2 Å². The van der Waals surface area contributed by atoms with Gasteiger partial charge in [0.25, 0.3) is 10.0 Å². The number of nitrogens with zero attached hydrogens (tertiary/aromatic N) is 3. The lowest BCUT2D eigenvalue weighted by molar-refractivity contribution is 0.0514. The van der Waals surface area contributed by atoms with E-state index >= 15 is 0 Å². The van der Waals surface area contributed by atoms with Gasteiger partial charge in [-0.2, -0.15) is 4.31 Å². The fourth-order valence-corrected chi connectivity index (χ4v) is 6.29. The molecule has 1 fully saturated rings. The highest BCUT2D eigenvalue weighted by molar-refractivity contribution is 7.91. The second-order valence-electron chi connectivity index (χ2n) is 6.79. The summed E-state index contributed by atoms with van der Waals surface area (Å²) in [5.41, 5.74) is 1.03. The van der Waals surface area contributed by atoms with Crippen LogP contribution >= 0.6 is 22.9 Å². The molecule has 11 heteroatoms. The van der Waals surface area contributed by atoms with Crippen LogP contribution in [0.15, 0.2) is 51.2 Å². The molecule has 0 saturated carbocycles. The highest BCUT2D eigenvalue weighted by atomic mass is 35.5. The Morgan fingerprint density at radius 1 is 1.19 bits per heavy atom. The second kappa shape index (κ2) is 8.99. The molecule has 0 bridgehead atoms. The molecule has 0 amide bonds. The molecule has 0 atom stereocenters. The van der Waals surface area contributed by atoms with E-state index in [9.17, 15) is 13.2 Å².